The SMILES string of the molecule is Cc1noc(COCC(=O)NCc2ccc(C(=O)O)o2)n1. The minimum absolute atomic E-state index is 0.0399. The highest BCUT2D eigenvalue weighted by Gasteiger charge is 2.10. The standard InChI is InChI=1S/C12H13N3O6/c1-7-14-11(21-15-7)6-19-5-10(16)13-4-8-2-3-9(20-8)12(17)18/h2-3H,4-6H2,1H3,(H,13,16)(H,17,18). The van der Waals surface area contributed by atoms with E-state index >= 15 is 0 Å². The van der Waals surface area contributed by atoms with Crippen LogP contribution in [0.25, 0.3) is 0 Å². The van der Waals surface area contributed by atoms with Crippen LogP contribution in [0.2, 0.25) is 0 Å². The number of carboxylic acid groups (broad SMARTS) is 1. The maximum Gasteiger partial charge on any atom is 0.371 e. The molecule has 0 unspecified atom stereocenters. The molecule has 0 saturated heterocycles. The van der Waals surface area contributed by atoms with Crippen molar-refractivity contribution in [2.75, 3.05) is 6.61 Å². The van der Waals surface area contributed by atoms with Gasteiger partial charge in [0, 0.05) is 0 Å². The fraction of sp³-hybridized carbons (Fsp3) is 0.333. The molecule has 0 fully saturated rings. The van der Waals surface area contributed by atoms with E-state index in [1.54, 1.807) is 6.92 Å². The van der Waals surface area contributed by atoms with Crippen molar-refractivity contribution < 1.29 is 28.4 Å². The topological polar surface area (TPSA) is 128 Å². The summed E-state index contributed by atoms with van der Waals surface area (Å²) in [5.74, 6) is -0.594. The Morgan fingerprint density at radius 2 is 2.24 bits per heavy atom. The molecule has 0 atom stereocenters. The molecular weight excluding hydrogens is 282 g/mol. The number of aromatic nitrogens is 2. The van der Waals surface area contributed by atoms with Crippen LogP contribution in [-0.4, -0.2) is 33.7 Å². The van der Waals surface area contributed by atoms with Crippen LogP contribution < -0.4 is 5.32 Å². The third kappa shape index (κ3) is 4.42. The highest BCUT2D eigenvalue weighted by Crippen LogP contribution is 2.07. The average molecular weight is 295 g/mol. The van der Waals surface area contributed by atoms with E-state index in [4.69, 9.17) is 18.8 Å². The molecular formula is C12H13N3O6. The number of carboxylic acids is 1. The number of nitrogens with zero attached hydrogens (tertiary/aromatic N) is 2. The van der Waals surface area contributed by atoms with Crippen LogP contribution in [-0.2, 0) is 22.7 Å². The molecule has 0 aliphatic rings. The average Bonchev–Trinajstić information content (AvgIpc) is 3.05. The van der Waals surface area contributed by atoms with Gasteiger partial charge in [0.1, 0.15) is 19.0 Å². The summed E-state index contributed by atoms with van der Waals surface area (Å²) in [5, 5.41) is 14.8. The summed E-state index contributed by atoms with van der Waals surface area (Å²) in [6.07, 6.45) is 0. The van der Waals surface area contributed by atoms with Gasteiger partial charge in [0.05, 0.1) is 6.54 Å². The van der Waals surface area contributed by atoms with Gasteiger partial charge >= 0.3 is 5.97 Å². The van der Waals surface area contributed by atoms with Gasteiger partial charge in [-0.15, -0.1) is 0 Å². The number of carbonyl (C=O) groups is 2. The summed E-state index contributed by atoms with van der Waals surface area (Å²) in [6.45, 7) is 1.61. The van der Waals surface area contributed by atoms with Crippen molar-refractivity contribution in [3.05, 3.63) is 35.4 Å². The molecule has 0 aromatic carbocycles. The predicted octanol–water partition coefficient (Wildman–Crippen LogP) is 0.502. The largest absolute Gasteiger partial charge is 0.475 e. The molecule has 21 heavy (non-hydrogen) atoms. The maximum absolute atomic E-state index is 11.5. The Morgan fingerprint density at radius 1 is 1.43 bits per heavy atom. The van der Waals surface area contributed by atoms with Gasteiger partial charge in [0.2, 0.25) is 11.7 Å². The number of furan rings is 1. The molecule has 2 aromatic heterocycles. The summed E-state index contributed by atoms with van der Waals surface area (Å²) in [7, 11) is 0. The Bertz CT molecular complexity index is 632. The molecule has 0 spiro atoms. The summed E-state index contributed by atoms with van der Waals surface area (Å²) in [4.78, 5) is 26.0. The van der Waals surface area contributed by atoms with E-state index in [2.05, 4.69) is 15.5 Å². The fourth-order valence-electron chi connectivity index (χ4n) is 1.45. The van der Waals surface area contributed by atoms with Gasteiger partial charge in [0.25, 0.3) is 5.89 Å². The predicted molar refractivity (Wildman–Crippen MR) is 66.2 cm³/mol. The first kappa shape index (κ1) is 14.7. The van der Waals surface area contributed by atoms with Gasteiger partial charge in [-0.2, -0.15) is 4.98 Å². The van der Waals surface area contributed by atoms with Crippen molar-refractivity contribution in [2.24, 2.45) is 0 Å². The summed E-state index contributed by atoms with van der Waals surface area (Å²) in [5.41, 5.74) is 0. The lowest BCUT2D eigenvalue weighted by Crippen LogP contribution is -2.26. The number of rotatable bonds is 7. The van der Waals surface area contributed by atoms with Crippen LogP contribution >= 0.6 is 0 Å². The van der Waals surface area contributed by atoms with E-state index in [0.29, 0.717) is 11.6 Å². The molecule has 9 heteroatoms. The third-order valence-corrected chi connectivity index (χ3v) is 2.36. The summed E-state index contributed by atoms with van der Waals surface area (Å²) in [6, 6.07) is 2.80. The van der Waals surface area contributed by atoms with Gasteiger partial charge in [0.15, 0.2) is 5.82 Å². The third-order valence-electron chi connectivity index (χ3n) is 2.36. The molecule has 2 rings (SSSR count). The zero-order chi connectivity index (χ0) is 15.2. The summed E-state index contributed by atoms with van der Waals surface area (Å²) >= 11 is 0. The fourth-order valence-corrected chi connectivity index (χ4v) is 1.45. The lowest BCUT2D eigenvalue weighted by molar-refractivity contribution is -0.126. The molecule has 0 bridgehead atoms. The quantitative estimate of drug-likeness (QED) is 0.755. The van der Waals surface area contributed by atoms with E-state index in [1.165, 1.54) is 12.1 Å². The van der Waals surface area contributed by atoms with Crippen LogP contribution in [0.3, 0.4) is 0 Å². The van der Waals surface area contributed by atoms with Crippen LogP contribution in [0.4, 0.5) is 0 Å². The van der Waals surface area contributed by atoms with E-state index in [9.17, 15) is 9.59 Å². The molecule has 0 aliphatic carbocycles. The monoisotopic (exact) mass is 295 g/mol. The molecule has 2 N–H and O–H groups in total. The minimum Gasteiger partial charge on any atom is -0.475 e. The zero-order valence-corrected chi connectivity index (χ0v) is 11.2. The second-order valence-electron chi connectivity index (χ2n) is 4.08. The Balaban J connectivity index is 1.68. The molecule has 2 heterocycles. The van der Waals surface area contributed by atoms with E-state index in [-0.39, 0.29) is 37.3 Å². The van der Waals surface area contributed by atoms with Gasteiger partial charge in [-0.3, -0.25) is 4.79 Å². The van der Waals surface area contributed by atoms with Crippen molar-refractivity contribution in [2.45, 2.75) is 20.1 Å². The molecule has 9 nitrogen and oxygen atoms in total. The summed E-state index contributed by atoms with van der Waals surface area (Å²) < 4.78 is 14.9. The van der Waals surface area contributed by atoms with Gasteiger partial charge in [-0.25, -0.2) is 4.79 Å². The first-order valence-electron chi connectivity index (χ1n) is 6.00. The second-order valence-corrected chi connectivity index (χ2v) is 4.08. The van der Waals surface area contributed by atoms with Crippen molar-refractivity contribution in [3.63, 3.8) is 0 Å². The maximum atomic E-state index is 11.5. The normalized spacial score (nSPS) is 10.5. The van der Waals surface area contributed by atoms with Gasteiger partial charge in [-0.1, -0.05) is 5.16 Å². The first-order valence-corrected chi connectivity index (χ1v) is 6.00. The lowest BCUT2D eigenvalue weighted by atomic mass is 10.4. The zero-order valence-electron chi connectivity index (χ0n) is 11.2. The highest BCUT2D eigenvalue weighted by molar-refractivity contribution is 5.84. The molecule has 2 aromatic rings. The smallest absolute Gasteiger partial charge is 0.371 e. The number of hydrogen-bond donors (Lipinski definition) is 2. The van der Waals surface area contributed by atoms with Crippen molar-refractivity contribution in [1.82, 2.24) is 15.5 Å². The van der Waals surface area contributed by atoms with E-state index in [0.717, 1.165) is 0 Å². The molecule has 1 amide bonds. The number of amides is 1. The number of carbonyl (C=O) groups excluding carboxylic acids is 1. The first-order chi connectivity index (χ1) is 10.0. The van der Waals surface area contributed by atoms with E-state index in [1.807, 2.05) is 0 Å². The van der Waals surface area contributed by atoms with Crippen molar-refractivity contribution in [1.29, 1.82) is 0 Å². The number of ether oxygens (including phenoxy) is 1. The van der Waals surface area contributed by atoms with Crippen LogP contribution in [0.1, 0.15) is 28.0 Å². The highest BCUT2D eigenvalue weighted by atomic mass is 16.5. The second kappa shape index (κ2) is 6.66. The Kier molecular flexibility index (Phi) is 4.67. The molecule has 0 saturated carbocycles. The van der Waals surface area contributed by atoms with Crippen LogP contribution in [0.15, 0.2) is 21.1 Å². The number of aryl methyl sites for hydroxylation is 1. The minimum atomic E-state index is -1.16. The van der Waals surface area contributed by atoms with Gasteiger partial charge in [-0.05, 0) is 19.1 Å². The van der Waals surface area contributed by atoms with Crippen LogP contribution in [0, 0.1) is 6.92 Å². The Hall–Kier alpha value is -2.68. The van der Waals surface area contributed by atoms with Crippen molar-refractivity contribution >= 4 is 11.9 Å². The molecule has 112 valence electrons. The van der Waals surface area contributed by atoms with Crippen LogP contribution in [0.5, 0.6) is 0 Å². The van der Waals surface area contributed by atoms with Crippen molar-refractivity contribution in [3.8, 4) is 0 Å². The molecule has 0 aliphatic heterocycles. The van der Waals surface area contributed by atoms with Gasteiger partial charge < -0.3 is 24.1 Å². The van der Waals surface area contributed by atoms with E-state index < -0.39 is 5.97 Å². The number of nitrogens with one attached hydrogen (secondary N) is 1. The number of aromatic carboxylic acids is 1. The number of hydrogen-bond acceptors (Lipinski definition) is 7. The Morgan fingerprint density at radius 3 is 2.86 bits per heavy atom. The Labute approximate surface area is 118 Å². The molecule has 0 radical (unpaired) electrons. The lowest BCUT2D eigenvalue weighted by Gasteiger charge is -2.03.